The highest BCUT2D eigenvalue weighted by Crippen LogP contribution is 2.80. The molecule has 23 nitrogen and oxygen atoms in total. The van der Waals surface area contributed by atoms with Crippen LogP contribution in [-0.4, -0.2) is 146 Å². The van der Waals surface area contributed by atoms with E-state index in [9.17, 15) is 0 Å². The third kappa shape index (κ3) is 9.90. The van der Waals surface area contributed by atoms with E-state index in [-0.39, 0.29) is 34.5 Å². The van der Waals surface area contributed by atoms with E-state index in [0.717, 1.165) is 39.5 Å². The topological polar surface area (TPSA) is 296 Å². The SMILES string of the molecule is COCCn1cc2c(Cl)c(-c3n[nH]c4nc(N5CC[C@@H]6[C@H](C5)[C@]6(c5ccccc5F)C(N)C(N)([SH]5C(=O)Nc6ccc(-c7n[nH]c8nc(N9CC[C@@H]%10[C@H](C9)[C@@]%10(CN)c9ccccc9F)cnc78)c(Cl)c65)[C@]5(c6ccccc6F)[C@@H]6CCN(c7ccc8nc(-c9ccc%10nn(C)cc%10c9)ccc8n7)C[C@@H]65)cnc34)ccc2n1. The molecule has 6 aromatic carbocycles. The van der Waals surface area contributed by atoms with E-state index >= 15 is 18.0 Å². The molecule has 7 aliphatic rings. The Balaban J connectivity index is 0.672. The third-order valence-corrected chi connectivity index (χ3v) is 29.8. The number of carbonyl (C=O) groups is 1. The molecule has 14 aromatic rings. The molecule has 21 rings (SSSR count). The summed E-state index contributed by atoms with van der Waals surface area (Å²) in [6, 6.07) is 40.5. The molecule has 29 heteroatoms. The van der Waals surface area contributed by atoms with Crippen molar-refractivity contribution in [1.82, 2.24) is 69.9 Å². The Morgan fingerprint density at radius 2 is 1.23 bits per heavy atom. The van der Waals surface area contributed by atoms with E-state index in [1.165, 1.54) is 18.2 Å². The zero-order chi connectivity index (χ0) is 75.3. The number of nitrogens with one attached hydrogen (secondary N) is 3. The van der Waals surface area contributed by atoms with Gasteiger partial charge in [-0.15, -0.1) is 10.9 Å². The highest BCUT2D eigenvalue weighted by molar-refractivity contribution is 8.31. The zero-order valence-electron chi connectivity index (χ0n) is 60.2. The molecule has 0 spiro atoms. The summed E-state index contributed by atoms with van der Waals surface area (Å²) in [4.78, 5) is 52.0. The number of H-pyrrole nitrogens is 2. The van der Waals surface area contributed by atoms with E-state index in [1.54, 1.807) is 71.3 Å². The summed E-state index contributed by atoms with van der Waals surface area (Å²) in [6.07, 6.45) is 9.11. The average Bonchev–Trinajstić information content (AvgIpc) is 1.46. The van der Waals surface area contributed by atoms with Gasteiger partial charge < -0.3 is 42.0 Å². The molecule has 3 aliphatic carbocycles. The van der Waals surface area contributed by atoms with Crippen LogP contribution in [-0.2, 0) is 34.6 Å². The zero-order valence-corrected chi connectivity index (χ0v) is 62.6. The lowest BCUT2D eigenvalue weighted by molar-refractivity contribution is 0.184. The van der Waals surface area contributed by atoms with Crippen molar-refractivity contribution in [2.24, 2.45) is 59.8 Å². The fourth-order valence-corrected chi connectivity index (χ4v) is 25.0. The predicted molar refractivity (Wildman–Crippen MR) is 425 cm³/mol. The van der Waals surface area contributed by atoms with Crippen molar-refractivity contribution in [2.75, 3.05) is 79.5 Å². The lowest BCUT2D eigenvalue weighted by Crippen LogP contribution is -2.69. The molecular weight excluding hydrogens is 1470 g/mol. The number of rotatable bonds is 17. The second kappa shape index (κ2) is 25.2. The minimum atomic E-state index is -2.53. The monoisotopic (exact) mass is 1540 g/mol. The second-order valence-electron chi connectivity index (χ2n) is 30.9. The number of hydrogen-bond donors (Lipinski definition) is 7. The standard InChI is InChI=1S/C82H74Cl2F3N21O2S/c1-104-36-43-33-42(15-18-60(43)102-104)59-21-22-63-62(93-59)23-24-65(94-63)105-30-27-49-55(40-105)81(49,52-11-5-8-14-58(52)87)82(90,111-74-64(95-78(111)109)20-17-45(69(74)84)71-73-76(101-99-71)96-66(34-92-73)106-28-25-47-53(38-106)79(47,41-88)50-9-3-6-12-56(50)85)77(89)80(51-10-4-7-13-57(51)86)48-26-29-107(39-54(48)80)67-35-91-72-70(98-100-75(72)97-67)44-16-19-61-46(68(44)83)37-108(103-61)31-32-110-2/h3-24,33-37,47-49,53-55,77,111H,25-32,38-41,88-90H2,1-2H3,(H,95,109)(H,96,99,101)(H,97,98,100)/t47-,48-,49-,53+,54+,55+,77?,79-,80+,81+,82?/m1/s1. The summed E-state index contributed by atoms with van der Waals surface area (Å²) in [5.41, 5.74) is 31.1. The first-order valence-corrected chi connectivity index (χ1v) is 39.6. The summed E-state index contributed by atoms with van der Waals surface area (Å²) in [5.74, 6) is -0.564. The summed E-state index contributed by atoms with van der Waals surface area (Å²) in [6.45, 7) is 4.26. The Morgan fingerprint density at radius 3 is 1.92 bits per heavy atom. The first kappa shape index (κ1) is 68.4. The number of aryl methyl sites for hydroxylation is 1. The number of halogens is 5. The van der Waals surface area contributed by atoms with E-state index < -0.39 is 66.8 Å². The molecule has 3 saturated heterocycles. The Morgan fingerprint density at radius 1 is 0.631 bits per heavy atom. The maximum Gasteiger partial charge on any atom is 0.269 e. The first-order valence-electron chi connectivity index (χ1n) is 37.5. The van der Waals surface area contributed by atoms with Gasteiger partial charge in [0.1, 0.15) is 57.3 Å². The molecule has 0 radical (unpaired) electrons. The number of pyridine rings is 2. The number of anilines is 4. The highest BCUT2D eigenvalue weighted by Gasteiger charge is 2.84. The summed E-state index contributed by atoms with van der Waals surface area (Å²) in [7, 11) is 1.02. The van der Waals surface area contributed by atoms with E-state index in [0.29, 0.717) is 177 Å². The van der Waals surface area contributed by atoms with Crippen molar-refractivity contribution in [3.05, 3.63) is 209 Å². The maximum absolute atomic E-state index is 18.2. The lowest BCUT2D eigenvalue weighted by Gasteiger charge is -2.52. The van der Waals surface area contributed by atoms with E-state index in [1.807, 2.05) is 92.2 Å². The number of ether oxygens (including phenoxy) is 1. The van der Waals surface area contributed by atoms with Crippen LogP contribution >= 0.6 is 34.1 Å². The van der Waals surface area contributed by atoms with Gasteiger partial charge in [0.05, 0.1) is 73.9 Å². The number of amides is 1. The number of carbonyl (C=O) groups excluding carboxylic acids is 1. The van der Waals surface area contributed by atoms with Crippen LogP contribution in [0.2, 0.25) is 10.0 Å². The normalized spacial score (nSPS) is 25.6. The van der Waals surface area contributed by atoms with Crippen LogP contribution in [0.1, 0.15) is 36.0 Å². The number of nitrogens with two attached hydrogens (primary N) is 3. The summed E-state index contributed by atoms with van der Waals surface area (Å²) >= 11 is 15.3. The second-order valence-corrected chi connectivity index (χ2v) is 34.0. The Labute approximate surface area is 645 Å². The Hall–Kier alpha value is -10.7. The fraction of sp³-hybridized carbons (Fsp3) is 0.305. The predicted octanol–water partition coefficient (Wildman–Crippen LogP) is 13.0. The van der Waals surface area contributed by atoms with Crippen LogP contribution in [0.3, 0.4) is 0 Å². The first-order chi connectivity index (χ1) is 54.0. The van der Waals surface area contributed by atoms with Gasteiger partial charge in [0, 0.05) is 127 Å². The van der Waals surface area contributed by atoms with E-state index in [4.69, 9.17) is 85.2 Å². The number of aromatic amines is 2. The number of aromatic nitrogens is 14. The van der Waals surface area contributed by atoms with Crippen LogP contribution in [0.4, 0.5) is 41.1 Å². The largest absolute Gasteiger partial charge is 0.383 e. The molecule has 9 N–H and O–H groups in total. The summed E-state index contributed by atoms with van der Waals surface area (Å²) < 4.78 is 60.5. The smallest absolute Gasteiger partial charge is 0.269 e. The molecule has 111 heavy (non-hydrogen) atoms. The van der Waals surface area contributed by atoms with Gasteiger partial charge in [-0.05, 0) is 150 Å². The van der Waals surface area contributed by atoms with Crippen molar-refractivity contribution in [3.8, 4) is 33.8 Å². The molecule has 3 unspecified atom stereocenters. The van der Waals surface area contributed by atoms with Gasteiger partial charge in [-0.2, -0.15) is 20.4 Å². The number of piperidine rings is 3. The number of nitrogens with zero attached hydrogens (tertiary/aromatic N) is 15. The van der Waals surface area contributed by atoms with Crippen molar-refractivity contribution < 1.29 is 22.7 Å². The molecule has 560 valence electrons. The molecule has 6 fully saturated rings. The Bertz CT molecular complexity index is 6220. The van der Waals surface area contributed by atoms with Crippen molar-refractivity contribution in [1.29, 1.82) is 0 Å². The molecule has 12 heterocycles. The van der Waals surface area contributed by atoms with E-state index in [2.05, 4.69) is 46.5 Å². The van der Waals surface area contributed by atoms with Gasteiger partial charge in [0.25, 0.3) is 5.24 Å². The van der Waals surface area contributed by atoms with Crippen LogP contribution in [0.15, 0.2) is 169 Å². The van der Waals surface area contributed by atoms with Gasteiger partial charge in [-0.1, -0.05) is 83.9 Å². The molecular formula is C82H74Cl2F3N21O2S. The number of benzene rings is 6. The molecule has 0 bridgehead atoms. The quantitative estimate of drug-likeness (QED) is 0.0417. The number of hydrogen-bond acceptors (Lipinski definition) is 18. The minimum absolute atomic E-state index is 0.112. The fourth-order valence-electron chi connectivity index (χ4n) is 21.0. The van der Waals surface area contributed by atoms with Gasteiger partial charge in [-0.25, -0.2) is 43.1 Å². The maximum atomic E-state index is 18.2. The number of fused-ring (bicyclic) bond motifs is 9. The molecule has 4 aliphatic heterocycles. The van der Waals surface area contributed by atoms with Crippen LogP contribution in [0.25, 0.3) is 88.9 Å². The van der Waals surface area contributed by atoms with Crippen LogP contribution in [0.5, 0.6) is 0 Å². The Kier molecular flexibility index (Phi) is 15.5. The van der Waals surface area contributed by atoms with Crippen LogP contribution in [0, 0.1) is 53.0 Å². The molecule has 1 amide bonds. The summed E-state index contributed by atoms with van der Waals surface area (Å²) in [5, 5.41) is 30.4. The minimum Gasteiger partial charge on any atom is -0.383 e. The highest BCUT2D eigenvalue weighted by atomic mass is 35.5. The van der Waals surface area contributed by atoms with Crippen LogP contribution < -0.4 is 37.2 Å². The number of methoxy groups -OCH3 is 1. The molecule has 12 atom stereocenters. The number of thiol groups is 1. The van der Waals surface area contributed by atoms with Gasteiger partial charge >= 0.3 is 0 Å². The lowest BCUT2D eigenvalue weighted by atomic mass is 9.71. The third-order valence-electron chi connectivity index (χ3n) is 26.0. The van der Waals surface area contributed by atoms with Gasteiger partial charge in [0.15, 0.2) is 11.3 Å². The van der Waals surface area contributed by atoms with Crippen molar-refractivity contribution in [3.63, 3.8) is 0 Å². The average molecular weight is 1550 g/mol. The van der Waals surface area contributed by atoms with Crippen molar-refractivity contribution >= 4 is 118 Å². The van der Waals surface area contributed by atoms with Gasteiger partial charge in [0.2, 0.25) is 0 Å². The van der Waals surface area contributed by atoms with Gasteiger partial charge in [-0.3, -0.25) is 24.4 Å². The van der Waals surface area contributed by atoms with Crippen molar-refractivity contribution in [2.45, 2.75) is 57.9 Å². The molecule has 3 saturated carbocycles. The molecule has 8 aromatic heterocycles.